The van der Waals surface area contributed by atoms with E-state index >= 15 is 0 Å². The first-order chi connectivity index (χ1) is 5.38. The summed E-state index contributed by atoms with van der Waals surface area (Å²) in [6.45, 7) is 0.452. The number of rotatable bonds is 2. The van der Waals surface area contributed by atoms with Gasteiger partial charge < -0.3 is 5.73 Å². The molecule has 2 N–H and O–H groups in total. The zero-order valence-electron chi connectivity index (χ0n) is 6.08. The van der Waals surface area contributed by atoms with E-state index in [0.29, 0.717) is 6.54 Å². The van der Waals surface area contributed by atoms with Gasteiger partial charge >= 0.3 is 0 Å². The van der Waals surface area contributed by atoms with Crippen LogP contribution >= 0.6 is 12.2 Å². The summed E-state index contributed by atoms with van der Waals surface area (Å²) in [6, 6.07) is 9.82. The van der Waals surface area contributed by atoms with Gasteiger partial charge in [-0.25, -0.2) is 0 Å². The Kier molecular flexibility index (Phi) is 2.99. The van der Waals surface area contributed by atoms with Crippen molar-refractivity contribution in [2.24, 2.45) is 5.73 Å². The van der Waals surface area contributed by atoms with Crippen LogP contribution in [0.25, 0.3) is 5.57 Å². The first kappa shape index (κ1) is 8.15. The molecule has 0 aromatic heterocycles. The first-order valence-corrected chi connectivity index (χ1v) is 3.78. The van der Waals surface area contributed by atoms with E-state index in [4.69, 9.17) is 5.73 Å². The Labute approximate surface area is 71.5 Å². The highest BCUT2D eigenvalue weighted by Crippen LogP contribution is 2.08. The van der Waals surface area contributed by atoms with Crippen molar-refractivity contribution in [1.82, 2.24) is 0 Å². The molecule has 0 aliphatic rings. The maximum atomic E-state index is 5.45. The Morgan fingerprint density at radius 1 is 1.36 bits per heavy atom. The molecule has 0 spiro atoms. The lowest BCUT2D eigenvalue weighted by Gasteiger charge is -1.98. The van der Waals surface area contributed by atoms with Crippen LogP contribution in [-0.4, -0.2) is 11.6 Å². The zero-order valence-corrected chi connectivity index (χ0v) is 6.90. The minimum atomic E-state index is 0.452. The average Bonchev–Trinajstić information content (AvgIpc) is 2.09. The van der Waals surface area contributed by atoms with Crippen LogP contribution in [0.2, 0.25) is 0 Å². The summed E-state index contributed by atoms with van der Waals surface area (Å²) in [4.78, 5) is 0. The van der Waals surface area contributed by atoms with Gasteiger partial charge in [0.2, 0.25) is 0 Å². The summed E-state index contributed by atoms with van der Waals surface area (Å²) >= 11 is 4.69. The maximum Gasteiger partial charge on any atom is 0.0267 e. The summed E-state index contributed by atoms with van der Waals surface area (Å²) in [5.41, 5.74) is 7.40. The minimum Gasteiger partial charge on any atom is -0.326 e. The molecule has 0 saturated carbocycles. The smallest absolute Gasteiger partial charge is 0.0267 e. The topological polar surface area (TPSA) is 26.0 Å². The molecule has 0 bridgehead atoms. The van der Waals surface area contributed by atoms with Crippen molar-refractivity contribution in [3.63, 3.8) is 0 Å². The van der Waals surface area contributed by atoms with Crippen LogP contribution < -0.4 is 5.73 Å². The molecule has 1 rings (SSSR count). The molecule has 2 heteroatoms. The van der Waals surface area contributed by atoms with Crippen LogP contribution in [0.1, 0.15) is 5.56 Å². The molecule has 0 fully saturated rings. The number of benzene rings is 1. The molecule has 0 heterocycles. The molecule has 0 aliphatic carbocycles. The second-order valence-electron chi connectivity index (χ2n) is 2.15. The molecular weight excluding hydrogens is 154 g/mol. The van der Waals surface area contributed by atoms with E-state index in [1.807, 2.05) is 30.3 Å². The average molecular weight is 163 g/mol. The molecule has 0 unspecified atom stereocenters. The molecule has 0 aliphatic heterocycles. The van der Waals surface area contributed by atoms with E-state index in [1.54, 1.807) is 0 Å². The molecule has 1 aromatic carbocycles. The monoisotopic (exact) mass is 163 g/mol. The molecule has 0 radical (unpaired) electrons. The van der Waals surface area contributed by atoms with Crippen LogP contribution in [0.3, 0.4) is 0 Å². The van der Waals surface area contributed by atoms with Crippen LogP contribution in [-0.2, 0) is 0 Å². The summed E-state index contributed by atoms with van der Waals surface area (Å²) in [5.74, 6) is 0. The van der Waals surface area contributed by atoms with E-state index in [1.165, 1.54) is 0 Å². The fourth-order valence-corrected chi connectivity index (χ4v) is 1.06. The molecule has 11 heavy (non-hydrogen) atoms. The van der Waals surface area contributed by atoms with Gasteiger partial charge in [-0.2, -0.15) is 0 Å². The van der Waals surface area contributed by atoms with Crippen molar-refractivity contribution < 1.29 is 0 Å². The Hall–Kier alpha value is -0.950. The van der Waals surface area contributed by atoms with Crippen LogP contribution in [0.5, 0.6) is 0 Å². The predicted molar refractivity (Wildman–Crippen MR) is 51.5 cm³/mol. The zero-order chi connectivity index (χ0) is 8.10. The lowest BCUT2D eigenvalue weighted by molar-refractivity contribution is 1.28. The molecule has 56 valence electrons. The quantitative estimate of drug-likeness (QED) is 0.670. The lowest BCUT2D eigenvalue weighted by atomic mass is 10.1. The number of hydrogen-bond donors (Lipinski definition) is 1. The fourth-order valence-electron chi connectivity index (χ4n) is 0.858. The van der Waals surface area contributed by atoms with Gasteiger partial charge in [0.05, 0.1) is 0 Å². The number of nitrogens with two attached hydrogens (primary N) is 1. The van der Waals surface area contributed by atoms with Crippen molar-refractivity contribution in [2.45, 2.75) is 0 Å². The van der Waals surface area contributed by atoms with Gasteiger partial charge in [0.1, 0.15) is 0 Å². The Balaban J connectivity index is 3.02. The Bertz CT molecular complexity index is 273. The standard InChI is InChI=1S/C9H9NS/c10-6-9(7-11)8-4-2-1-3-5-8/h1-5H,6,10H2. The largest absolute Gasteiger partial charge is 0.326 e. The third-order valence-electron chi connectivity index (χ3n) is 1.45. The Morgan fingerprint density at radius 2 is 2.00 bits per heavy atom. The van der Waals surface area contributed by atoms with Gasteiger partial charge in [-0.3, -0.25) is 0 Å². The summed E-state index contributed by atoms with van der Waals surface area (Å²) in [6.07, 6.45) is 0. The van der Waals surface area contributed by atoms with E-state index in [2.05, 4.69) is 17.2 Å². The van der Waals surface area contributed by atoms with Gasteiger partial charge in [-0.1, -0.05) is 30.3 Å². The number of hydrogen-bond acceptors (Lipinski definition) is 2. The molecule has 1 aromatic rings. The van der Waals surface area contributed by atoms with Crippen molar-refractivity contribution in [3.05, 3.63) is 35.9 Å². The lowest BCUT2D eigenvalue weighted by Crippen LogP contribution is -2.01. The summed E-state index contributed by atoms with van der Waals surface area (Å²) in [7, 11) is 0. The molecule has 0 amide bonds. The molecule has 1 nitrogen and oxygen atoms in total. The van der Waals surface area contributed by atoms with Crippen LogP contribution in [0.4, 0.5) is 0 Å². The van der Waals surface area contributed by atoms with Crippen molar-refractivity contribution in [2.75, 3.05) is 6.54 Å². The second-order valence-corrected chi connectivity index (χ2v) is 2.35. The van der Waals surface area contributed by atoms with Gasteiger partial charge in [-0.05, 0) is 22.8 Å². The highest BCUT2D eigenvalue weighted by atomic mass is 32.1. The molecular formula is C9H9NS. The summed E-state index contributed by atoms with van der Waals surface area (Å²) in [5, 5.41) is 2.64. The van der Waals surface area contributed by atoms with E-state index in [9.17, 15) is 0 Å². The van der Waals surface area contributed by atoms with Crippen molar-refractivity contribution in [1.29, 1.82) is 0 Å². The van der Waals surface area contributed by atoms with E-state index in [0.717, 1.165) is 11.1 Å². The third-order valence-corrected chi connectivity index (χ3v) is 1.70. The Morgan fingerprint density at radius 3 is 2.45 bits per heavy atom. The van der Waals surface area contributed by atoms with Gasteiger partial charge in [0, 0.05) is 12.1 Å². The van der Waals surface area contributed by atoms with Gasteiger partial charge in [0.25, 0.3) is 0 Å². The SMILES string of the molecule is NCC(=C=S)c1ccccc1. The van der Waals surface area contributed by atoms with E-state index < -0.39 is 0 Å². The predicted octanol–water partition coefficient (Wildman–Crippen LogP) is 1.63. The summed E-state index contributed by atoms with van der Waals surface area (Å²) < 4.78 is 0. The van der Waals surface area contributed by atoms with Crippen LogP contribution in [0.15, 0.2) is 30.3 Å². The van der Waals surface area contributed by atoms with Crippen molar-refractivity contribution in [3.8, 4) is 0 Å². The highest BCUT2D eigenvalue weighted by Gasteiger charge is 1.94. The number of thiocarbonyl (C=S) groups is 1. The molecule has 0 saturated heterocycles. The molecule has 0 atom stereocenters. The maximum absolute atomic E-state index is 5.45. The normalized spacial score (nSPS) is 8.82. The fraction of sp³-hybridized carbons (Fsp3) is 0.111. The first-order valence-electron chi connectivity index (χ1n) is 3.38. The minimum absolute atomic E-state index is 0.452. The van der Waals surface area contributed by atoms with Crippen molar-refractivity contribution >= 4 is 22.8 Å². The van der Waals surface area contributed by atoms with Gasteiger partial charge in [0.15, 0.2) is 0 Å². The van der Waals surface area contributed by atoms with Gasteiger partial charge in [-0.15, -0.1) is 0 Å². The van der Waals surface area contributed by atoms with Crippen LogP contribution in [0, 0.1) is 0 Å². The van der Waals surface area contributed by atoms with E-state index in [-0.39, 0.29) is 0 Å². The third kappa shape index (κ3) is 1.99. The second kappa shape index (κ2) is 4.04. The highest BCUT2D eigenvalue weighted by molar-refractivity contribution is 7.78.